The van der Waals surface area contributed by atoms with E-state index in [1.54, 1.807) is 18.7 Å². The Morgan fingerprint density at radius 2 is 1.91 bits per heavy atom. The summed E-state index contributed by atoms with van der Waals surface area (Å²) < 4.78 is 0. The normalized spacial score (nSPS) is 26.8. The first-order chi connectivity index (χ1) is 10.8. The average Bonchev–Trinajstić information content (AvgIpc) is 2.91. The van der Waals surface area contributed by atoms with Crippen LogP contribution in [0.3, 0.4) is 0 Å². The molecule has 2 amide bonds. The smallest absolute Gasteiger partial charge is 0.311 e. The summed E-state index contributed by atoms with van der Waals surface area (Å²) in [5.74, 6) is -0.695. The van der Waals surface area contributed by atoms with Gasteiger partial charge in [-0.2, -0.15) is 0 Å². The molecule has 2 unspecified atom stereocenters. The minimum Gasteiger partial charge on any atom is -0.481 e. The lowest BCUT2D eigenvalue weighted by Gasteiger charge is -2.25. The Labute approximate surface area is 137 Å². The minimum atomic E-state index is -0.874. The molecule has 23 heavy (non-hydrogen) atoms. The van der Waals surface area contributed by atoms with E-state index in [4.69, 9.17) is 0 Å². The SMILES string of the molecule is CC(NC(=O)CC1CCCCC1)C(=O)N1CCC(C)(C(=O)O)C1. The summed E-state index contributed by atoms with van der Waals surface area (Å²) in [5, 5.41) is 12.0. The van der Waals surface area contributed by atoms with E-state index >= 15 is 0 Å². The topological polar surface area (TPSA) is 86.7 Å². The van der Waals surface area contributed by atoms with Crippen molar-refractivity contribution in [2.24, 2.45) is 11.3 Å². The molecule has 6 heteroatoms. The van der Waals surface area contributed by atoms with Crippen LogP contribution >= 0.6 is 0 Å². The second-order valence-corrected chi connectivity index (χ2v) is 7.37. The summed E-state index contributed by atoms with van der Waals surface area (Å²) in [6.45, 7) is 3.99. The largest absolute Gasteiger partial charge is 0.481 e. The summed E-state index contributed by atoms with van der Waals surface area (Å²) in [5.41, 5.74) is -0.874. The molecule has 2 fully saturated rings. The van der Waals surface area contributed by atoms with Crippen LogP contribution in [0.1, 0.15) is 58.8 Å². The van der Waals surface area contributed by atoms with Gasteiger partial charge in [0.1, 0.15) is 6.04 Å². The fourth-order valence-electron chi connectivity index (χ4n) is 3.61. The van der Waals surface area contributed by atoms with Crippen molar-refractivity contribution in [2.75, 3.05) is 13.1 Å². The second-order valence-electron chi connectivity index (χ2n) is 7.37. The highest BCUT2D eigenvalue weighted by atomic mass is 16.4. The van der Waals surface area contributed by atoms with Crippen LogP contribution in [-0.4, -0.2) is 46.9 Å². The van der Waals surface area contributed by atoms with E-state index in [0.29, 0.717) is 25.3 Å². The summed E-state index contributed by atoms with van der Waals surface area (Å²) in [4.78, 5) is 37.3. The van der Waals surface area contributed by atoms with Crippen LogP contribution in [0.5, 0.6) is 0 Å². The molecule has 0 aromatic heterocycles. The number of hydrogen-bond donors (Lipinski definition) is 2. The van der Waals surface area contributed by atoms with Gasteiger partial charge in [0.25, 0.3) is 0 Å². The molecule has 0 bridgehead atoms. The van der Waals surface area contributed by atoms with Gasteiger partial charge in [-0.1, -0.05) is 19.3 Å². The van der Waals surface area contributed by atoms with Crippen molar-refractivity contribution in [2.45, 2.75) is 64.8 Å². The molecule has 2 aliphatic rings. The van der Waals surface area contributed by atoms with Crippen molar-refractivity contribution in [3.05, 3.63) is 0 Å². The Bertz CT molecular complexity index is 473. The molecule has 2 atom stereocenters. The first kappa shape index (κ1) is 17.8. The molecule has 2 N–H and O–H groups in total. The highest BCUT2D eigenvalue weighted by Gasteiger charge is 2.43. The van der Waals surface area contributed by atoms with Crippen molar-refractivity contribution in [3.8, 4) is 0 Å². The van der Waals surface area contributed by atoms with Gasteiger partial charge in [0.2, 0.25) is 11.8 Å². The number of carbonyl (C=O) groups excluding carboxylic acids is 2. The Morgan fingerprint density at radius 3 is 2.48 bits per heavy atom. The van der Waals surface area contributed by atoms with Crippen molar-refractivity contribution in [3.63, 3.8) is 0 Å². The van der Waals surface area contributed by atoms with Crippen molar-refractivity contribution >= 4 is 17.8 Å². The molecule has 1 aliphatic heterocycles. The van der Waals surface area contributed by atoms with E-state index in [1.165, 1.54) is 19.3 Å². The lowest BCUT2D eigenvalue weighted by Crippen LogP contribution is -2.47. The van der Waals surface area contributed by atoms with Gasteiger partial charge >= 0.3 is 5.97 Å². The molecule has 6 nitrogen and oxygen atoms in total. The van der Waals surface area contributed by atoms with Crippen molar-refractivity contribution in [1.29, 1.82) is 0 Å². The standard InChI is InChI=1S/C17H28N2O4/c1-12(18-14(20)10-13-6-4-3-5-7-13)15(21)19-9-8-17(2,11-19)16(22)23/h12-13H,3-11H2,1-2H3,(H,18,20)(H,22,23). The Morgan fingerprint density at radius 1 is 1.26 bits per heavy atom. The molecule has 130 valence electrons. The summed E-state index contributed by atoms with van der Waals surface area (Å²) in [6.07, 6.45) is 6.77. The van der Waals surface area contributed by atoms with E-state index in [2.05, 4.69) is 5.32 Å². The Hall–Kier alpha value is -1.59. The number of carboxylic acids is 1. The van der Waals surface area contributed by atoms with Gasteiger partial charge < -0.3 is 15.3 Å². The van der Waals surface area contributed by atoms with Crippen molar-refractivity contribution < 1.29 is 19.5 Å². The van der Waals surface area contributed by atoms with E-state index in [9.17, 15) is 19.5 Å². The Balaban J connectivity index is 1.80. The molecule has 0 aromatic rings. The summed E-state index contributed by atoms with van der Waals surface area (Å²) in [7, 11) is 0. The van der Waals surface area contributed by atoms with Crippen LogP contribution in [0.2, 0.25) is 0 Å². The van der Waals surface area contributed by atoms with Crippen LogP contribution in [0.4, 0.5) is 0 Å². The third kappa shape index (κ3) is 4.45. The van der Waals surface area contributed by atoms with Gasteiger partial charge in [-0.15, -0.1) is 0 Å². The maximum absolute atomic E-state index is 12.4. The lowest BCUT2D eigenvalue weighted by atomic mass is 9.87. The first-order valence-corrected chi connectivity index (χ1v) is 8.63. The average molecular weight is 324 g/mol. The van der Waals surface area contributed by atoms with Gasteiger partial charge in [-0.3, -0.25) is 14.4 Å². The summed E-state index contributed by atoms with van der Waals surface area (Å²) >= 11 is 0. The number of nitrogens with zero attached hydrogens (tertiary/aromatic N) is 1. The van der Waals surface area contributed by atoms with Crippen LogP contribution in [0, 0.1) is 11.3 Å². The number of aliphatic carboxylic acids is 1. The van der Waals surface area contributed by atoms with E-state index < -0.39 is 17.4 Å². The molecule has 1 heterocycles. The molecular weight excluding hydrogens is 296 g/mol. The van der Waals surface area contributed by atoms with Gasteiger partial charge in [0, 0.05) is 19.5 Å². The van der Waals surface area contributed by atoms with Crippen LogP contribution in [0.15, 0.2) is 0 Å². The van der Waals surface area contributed by atoms with Crippen molar-refractivity contribution in [1.82, 2.24) is 10.2 Å². The molecule has 1 saturated heterocycles. The minimum absolute atomic E-state index is 0.0713. The predicted octanol–water partition coefficient (Wildman–Crippen LogP) is 1.78. The number of amides is 2. The summed E-state index contributed by atoms with van der Waals surface area (Å²) in [6, 6.07) is -0.595. The fourth-order valence-corrected chi connectivity index (χ4v) is 3.61. The lowest BCUT2D eigenvalue weighted by molar-refractivity contribution is -0.147. The number of carboxylic acid groups (broad SMARTS) is 1. The maximum Gasteiger partial charge on any atom is 0.311 e. The quantitative estimate of drug-likeness (QED) is 0.807. The first-order valence-electron chi connectivity index (χ1n) is 8.63. The molecule has 2 rings (SSSR count). The number of hydrogen-bond acceptors (Lipinski definition) is 3. The van der Waals surface area contributed by atoms with E-state index in [0.717, 1.165) is 12.8 Å². The highest BCUT2D eigenvalue weighted by molar-refractivity contribution is 5.88. The third-order valence-corrected chi connectivity index (χ3v) is 5.25. The maximum atomic E-state index is 12.4. The number of likely N-dealkylation sites (tertiary alicyclic amines) is 1. The van der Waals surface area contributed by atoms with Gasteiger partial charge in [-0.25, -0.2) is 0 Å². The molecule has 1 aliphatic carbocycles. The molecule has 0 spiro atoms. The molecule has 1 saturated carbocycles. The molecule has 0 aromatic carbocycles. The second kappa shape index (κ2) is 7.32. The predicted molar refractivity (Wildman–Crippen MR) is 85.7 cm³/mol. The number of carbonyl (C=O) groups is 3. The Kier molecular flexibility index (Phi) is 5.65. The van der Waals surface area contributed by atoms with Crippen LogP contribution in [-0.2, 0) is 14.4 Å². The fraction of sp³-hybridized carbons (Fsp3) is 0.824. The zero-order valence-electron chi connectivity index (χ0n) is 14.1. The van der Waals surface area contributed by atoms with E-state index in [1.807, 2.05) is 0 Å². The van der Waals surface area contributed by atoms with E-state index in [-0.39, 0.29) is 18.4 Å². The molecule has 0 radical (unpaired) electrons. The number of nitrogens with one attached hydrogen (secondary N) is 1. The van der Waals surface area contributed by atoms with Gasteiger partial charge in [-0.05, 0) is 39.0 Å². The van der Waals surface area contributed by atoms with Gasteiger partial charge in [0.15, 0.2) is 0 Å². The zero-order chi connectivity index (χ0) is 17.0. The van der Waals surface area contributed by atoms with Gasteiger partial charge in [0.05, 0.1) is 5.41 Å². The monoisotopic (exact) mass is 324 g/mol. The highest BCUT2D eigenvalue weighted by Crippen LogP contribution is 2.30. The molecular formula is C17H28N2O4. The zero-order valence-corrected chi connectivity index (χ0v) is 14.1. The van der Waals surface area contributed by atoms with Crippen LogP contribution in [0.25, 0.3) is 0 Å². The number of rotatable bonds is 5. The van der Waals surface area contributed by atoms with Crippen LogP contribution < -0.4 is 5.32 Å². The third-order valence-electron chi connectivity index (χ3n) is 5.25.